The molecule has 0 aromatic heterocycles. The Hall–Kier alpha value is -1.64. The van der Waals surface area contributed by atoms with Crippen molar-refractivity contribution in [2.45, 2.75) is 25.2 Å². The molecule has 1 saturated heterocycles. The monoisotopic (exact) mass is 254 g/mol. The van der Waals surface area contributed by atoms with Crippen molar-refractivity contribution in [3.8, 4) is 0 Å². The molecule has 0 spiro atoms. The van der Waals surface area contributed by atoms with E-state index in [2.05, 4.69) is 31.2 Å². The highest BCUT2D eigenvalue weighted by molar-refractivity contribution is 5.22. The normalized spacial score (nSPS) is 23.0. The zero-order valence-electron chi connectivity index (χ0n) is 11.0. The van der Waals surface area contributed by atoms with Gasteiger partial charge in [-0.25, -0.2) is 0 Å². The summed E-state index contributed by atoms with van der Waals surface area (Å²) in [6.45, 7) is 2.73. The molecule has 1 unspecified atom stereocenters. The Balaban J connectivity index is 1.50. The quantitative estimate of drug-likeness (QED) is 0.755. The highest BCUT2D eigenvalue weighted by atomic mass is 16.6. The van der Waals surface area contributed by atoms with Gasteiger partial charge in [-0.1, -0.05) is 60.7 Å². The van der Waals surface area contributed by atoms with Crippen molar-refractivity contribution in [2.75, 3.05) is 6.61 Å². The van der Waals surface area contributed by atoms with E-state index in [0.717, 1.165) is 0 Å². The van der Waals surface area contributed by atoms with E-state index >= 15 is 0 Å². The van der Waals surface area contributed by atoms with Crippen LogP contribution >= 0.6 is 0 Å². The second-order valence-electron chi connectivity index (χ2n) is 4.89. The highest BCUT2D eigenvalue weighted by Gasteiger charge is 2.40. The highest BCUT2D eigenvalue weighted by Crippen LogP contribution is 2.39. The van der Waals surface area contributed by atoms with Crippen LogP contribution in [-0.2, 0) is 9.47 Å². The first kappa shape index (κ1) is 12.4. The van der Waals surface area contributed by atoms with Crippen molar-refractivity contribution >= 4 is 0 Å². The SMILES string of the molecule is CC(OC[C@H]1O[C@H]1c1ccccc1)c1ccccc1. The molecule has 1 aliphatic heterocycles. The topological polar surface area (TPSA) is 21.8 Å². The van der Waals surface area contributed by atoms with E-state index in [9.17, 15) is 0 Å². The molecule has 2 aromatic rings. The minimum Gasteiger partial charge on any atom is -0.371 e. The molecule has 1 aliphatic rings. The number of hydrogen-bond donors (Lipinski definition) is 0. The molecule has 0 bridgehead atoms. The van der Waals surface area contributed by atoms with Crippen LogP contribution in [0.25, 0.3) is 0 Å². The lowest BCUT2D eigenvalue weighted by molar-refractivity contribution is 0.0540. The first-order valence-electron chi connectivity index (χ1n) is 6.71. The van der Waals surface area contributed by atoms with Gasteiger partial charge in [0.1, 0.15) is 12.2 Å². The largest absolute Gasteiger partial charge is 0.371 e. The number of hydrogen-bond acceptors (Lipinski definition) is 2. The van der Waals surface area contributed by atoms with Crippen molar-refractivity contribution in [1.29, 1.82) is 0 Å². The zero-order chi connectivity index (χ0) is 13.1. The summed E-state index contributed by atoms with van der Waals surface area (Å²) in [6, 6.07) is 20.6. The van der Waals surface area contributed by atoms with Crippen LogP contribution in [0.15, 0.2) is 60.7 Å². The third kappa shape index (κ3) is 3.03. The maximum Gasteiger partial charge on any atom is 0.112 e. The Morgan fingerprint density at radius 2 is 1.63 bits per heavy atom. The lowest BCUT2D eigenvalue weighted by Gasteiger charge is -2.12. The van der Waals surface area contributed by atoms with Crippen molar-refractivity contribution in [1.82, 2.24) is 0 Å². The average Bonchev–Trinajstić information content (AvgIpc) is 3.26. The van der Waals surface area contributed by atoms with Gasteiger partial charge in [0.05, 0.1) is 12.7 Å². The lowest BCUT2D eigenvalue weighted by atomic mass is 10.1. The smallest absolute Gasteiger partial charge is 0.112 e. The molecule has 0 saturated carbocycles. The van der Waals surface area contributed by atoms with Crippen LogP contribution in [0.3, 0.4) is 0 Å². The first-order valence-corrected chi connectivity index (χ1v) is 6.71. The number of epoxide rings is 1. The van der Waals surface area contributed by atoms with Gasteiger partial charge >= 0.3 is 0 Å². The van der Waals surface area contributed by atoms with Crippen LogP contribution in [0, 0.1) is 0 Å². The number of benzene rings is 2. The van der Waals surface area contributed by atoms with E-state index in [1.807, 2.05) is 36.4 Å². The minimum absolute atomic E-state index is 0.113. The van der Waals surface area contributed by atoms with Gasteiger partial charge in [-0.2, -0.15) is 0 Å². The van der Waals surface area contributed by atoms with Crippen LogP contribution < -0.4 is 0 Å². The summed E-state index contributed by atoms with van der Waals surface area (Å²) in [5.41, 5.74) is 2.45. The van der Waals surface area contributed by atoms with E-state index in [1.54, 1.807) is 0 Å². The lowest BCUT2D eigenvalue weighted by Crippen LogP contribution is -2.06. The molecule has 1 fully saturated rings. The summed E-state index contributed by atoms with van der Waals surface area (Å²) >= 11 is 0. The van der Waals surface area contributed by atoms with E-state index in [-0.39, 0.29) is 18.3 Å². The van der Waals surface area contributed by atoms with Gasteiger partial charge in [0.25, 0.3) is 0 Å². The van der Waals surface area contributed by atoms with Crippen molar-refractivity contribution in [3.05, 3.63) is 71.8 Å². The Bertz CT molecular complexity index is 509. The molecule has 3 rings (SSSR count). The summed E-state index contributed by atoms with van der Waals surface area (Å²) in [4.78, 5) is 0. The van der Waals surface area contributed by atoms with Gasteiger partial charge in [0, 0.05) is 0 Å². The second-order valence-corrected chi connectivity index (χ2v) is 4.89. The fraction of sp³-hybridized carbons (Fsp3) is 0.294. The van der Waals surface area contributed by atoms with Crippen LogP contribution in [-0.4, -0.2) is 12.7 Å². The van der Waals surface area contributed by atoms with Gasteiger partial charge in [-0.3, -0.25) is 0 Å². The fourth-order valence-corrected chi connectivity index (χ4v) is 2.27. The maximum atomic E-state index is 5.88. The molecule has 0 N–H and O–H groups in total. The molecular weight excluding hydrogens is 236 g/mol. The van der Waals surface area contributed by atoms with Crippen molar-refractivity contribution < 1.29 is 9.47 Å². The number of ether oxygens (including phenoxy) is 2. The predicted octanol–water partition coefficient (Wildman–Crippen LogP) is 3.90. The molecule has 3 atom stereocenters. The molecule has 0 radical (unpaired) electrons. The summed E-state index contributed by atoms with van der Waals surface area (Å²) in [6.07, 6.45) is 0.527. The van der Waals surface area contributed by atoms with E-state index in [4.69, 9.17) is 9.47 Å². The van der Waals surface area contributed by atoms with Gasteiger partial charge < -0.3 is 9.47 Å². The van der Waals surface area contributed by atoms with Gasteiger partial charge in [-0.05, 0) is 18.1 Å². The van der Waals surface area contributed by atoms with E-state index < -0.39 is 0 Å². The zero-order valence-corrected chi connectivity index (χ0v) is 11.0. The third-order valence-electron chi connectivity index (χ3n) is 3.49. The molecule has 1 heterocycles. The van der Waals surface area contributed by atoms with Crippen molar-refractivity contribution in [2.24, 2.45) is 0 Å². The number of rotatable bonds is 5. The van der Waals surface area contributed by atoms with Crippen LogP contribution in [0.2, 0.25) is 0 Å². The first-order chi connectivity index (χ1) is 9.34. The summed E-state index contributed by atoms with van der Waals surface area (Å²) < 4.78 is 11.5. The van der Waals surface area contributed by atoms with Gasteiger partial charge in [0.15, 0.2) is 0 Å². The molecule has 98 valence electrons. The van der Waals surface area contributed by atoms with E-state index in [0.29, 0.717) is 6.61 Å². The average molecular weight is 254 g/mol. The second kappa shape index (κ2) is 5.55. The fourth-order valence-electron chi connectivity index (χ4n) is 2.27. The Labute approximate surface area is 114 Å². The molecule has 19 heavy (non-hydrogen) atoms. The summed E-state index contributed by atoms with van der Waals surface area (Å²) in [5, 5.41) is 0. The Morgan fingerprint density at radius 3 is 2.32 bits per heavy atom. The van der Waals surface area contributed by atoms with Crippen LogP contribution in [0.5, 0.6) is 0 Å². The van der Waals surface area contributed by atoms with Gasteiger partial charge in [0.2, 0.25) is 0 Å². The van der Waals surface area contributed by atoms with Crippen LogP contribution in [0.1, 0.15) is 30.3 Å². The molecular formula is C17H18O2. The Morgan fingerprint density at radius 1 is 1.00 bits per heavy atom. The molecule has 2 nitrogen and oxygen atoms in total. The van der Waals surface area contributed by atoms with Crippen LogP contribution in [0.4, 0.5) is 0 Å². The van der Waals surface area contributed by atoms with E-state index in [1.165, 1.54) is 11.1 Å². The Kier molecular flexibility index (Phi) is 3.62. The third-order valence-corrected chi connectivity index (χ3v) is 3.49. The summed E-state index contributed by atoms with van der Waals surface area (Å²) in [5.74, 6) is 0. The summed E-state index contributed by atoms with van der Waals surface area (Å²) in [7, 11) is 0. The predicted molar refractivity (Wildman–Crippen MR) is 74.9 cm³/mol. The standard InChI is InChI=1S/C17H18O2/c1-13(14-8-4-2-5-9-14)18-12-16-17(19-16)15-10-6-3-7-11-15/h2-11,13,16-17H,12H2,1H3/t13?,16-,17+/m1/s1. The van der Waals surface area contributed by atoms with Crippen molar-refractivity contribution in [3.63, 3.8) is 0 Å². The maximum absolute atomic E-state index is 5.88. The molecule has 0 amide bonds. The molecule has 2 heteroatoms. The van der Waals surface area contributed by atoms with Gasteiger partial charge in [-0.15, -0.1) is 0 Å². The minimum atomic E-state index is 0.113. The molecule has 2 aromatic carbocycles. The molecule has 0 aliphatic carbocycles.